The van der Waals surface area contributed by atoms with E-state index >= 15 is 0 Å². The van der Waals surface area contributed by atoms with Crippen molar-refractivity contribution in [2.45, 2.75) is 70.1 Å². The Bertz CT molecular complexity index is 1070. The zero-order valence-corrected chi connectivity index (χ0v) is 21.1. The van der Waals surface area contributed by atoms with Gasteiger partial charge in [0.1, 0.15) is 18.1 Å². The number of carboxylic acids is 2. The number of aromatic amines is 2. The van der Waals surface area contributed by atoms with E-state index in [1.54, 1.807) is 6.92 Å². The van der Waals surface area contributed by atoms with Crippen molar-refractivity contribution in [1.29, 1.82) is 0 Å². The van der Waals surface area contributed by atoms with Crippen LogP contribution in [0.3, 0.4) is 0 Å². The van der Waals surface area contributed by atoms with Crippen molar-refractivity contribution < 1.29 is 34.2 Å². The third-order valence-electron chi connectivity index (χ3n) is 6.00. The average molecular weight is 535 g/mol. The van der Waals surface area contributed by atoms with Gasteiger partial charge in [0.15, 0.2) is 0 Å². The van der Waals surface area contributed by atoms with Crippen LogP contribution in [0.2, 0.25) is 0 Å². The van der Waals surface area contributed by atoms with Gasteiger partial charge >= 0.3 is 11.9 Å². The molecule has 2 heterocycles. The van der Waals surface area contributed by atoms with Crippen LogP contribution in [0.1, 0.15) is 44.5 Å². The fourth-order valence-corrected chi connectivity index (χ4v) is 3.57. The summed E-state index contributed by atoms with van der Waals surface area (Å²) in [6, 6.07) is -4.74. The van der Waals surface area contributed by atoms with Crippen molar-refractivity contribution in [1.82, 2.24) is 35.9 Å². The van der Waals surface area contributed by atoms with Crippen LogP contribution >= 0.6 is 0 Å². The zero-order valence-electron chi connectivity index (χ0n) is 21.1. The van der Waals surface area contributed by atoms with Gasteiger partial charge in [-0.2, -0.15) is 0 Å². The van der Waals surface area contributed by atoms with Gasteiger partial charge in [-0.25, -0.2) is 14.8 Å². The van der Waals surface area contributed by atoms with Crippen molar-refractivity contribution in [2.75, 3.05) is 0 Å². The van der Waals surface area contributed by atoms with Crippen LogP contribution in [-0.4, -0.2) is 84.0 Å². The Morgan fingerprint density at radius 3 is 1.97 bits per heavy atom. The Hall–Kier alpha value is -4.27. The molecule has 0 radical (unpaired) electrons. The highest BCUT2D eigenvalue weighted by Crippen LogP contribution is 2.11. The lowest BCUT2D eigenvalue weighted by molar-refractivity contribution is -0.143. The molecule has 9 N–H and O–H groups in total. The van der Waals surface area contributed by atoms with Crippen LogP contribution in [0, 0.1) is 5.92 Å². The topological polar surface area (TPSA) is 245 Å². The number of rotatable bonds is 16. The molecule has 2 aromatic rings. The monoisotopic (exact) mass is 534 g/mol. The molecule has 0 fully saturated rings. The van der Waals surface area contributed by atoms with Gasteiger partial charge in [-0.1, -0.05) is 20.3 Å². The largest absolute Gasteiger partial charge is 0.481 e. The molecule has 0 aliphatic carbocycles. The van der Waals surface area contributed by atoms with E-state index in [4.69, 9.17) is 10.8 Å². The first-order valence-electron chi connectivity index (χ1n) is 12.1. The lowest BCUT2D eigenvalue weighted by atomic mass is 9.97. The predicted molar refractivity (Wildman–Crippen MR) is 132 cm³/mol. The number of carbonyl (C=O) groups excluding carboxylic acids is 3. The highest BCUT2D eigenvalue weighted by Gasteiger charge is 2.33. The van der Waals surface area contributed by atoms with Crippen molar-refractivity contribution in [3.63, 3.8) is 0 Å². The van der Waals surface area contributed by atoms with Crippen LogP contribution in [0.5, 0.6) is 0 Å². The number of carboxylic acid groups (broad SMARTS) is 2. The number of hydrogen-bond acceptors (Lipinski definition) is 8. The molecule has 3 amide bonds. The second kappa shape index (κ2) is 14.5. The van der Waals surface area contributed by atoms with E-state index in [2.05, 4.69) is 35.9 Å². The maximum absolute atomic E-state index is 13.3. The third-order valence-corrected chi connectivity index (χ3v) is 6.00. The van der Waals surface area contributed by atoms with Gasteiger partial charge < -0.3 is 41.9 Å². The minimum atomic E-state index is -1.48. The minimum absolute atomic E-state index is 0.0661. The van der Waals surface area contributed by atoms with E-state index in [1.807, 2.05) is 6.92 Å². The molecule has 0 bridgehead atoms. The van der Waals surface area contributed by atoms with Gasteiger partial charge in [-0.05, 0) is 12.3 Å². The van der Waals surface area contributed by atoms with Crippen molar-refractivity contribution in [2.24, 2.45) is 11.7 Å². The van der Waals surface area contributed by atoms with Gasteiger partial charge in [-0.15, -0.1) is 0 Å². The lowest BCUT2D eigenvalue weighted by Crippen LogP contribution is -2.59. The van der Waals surface area contributed by atoms with E-state index < -0.39 is 60.2 Å². The molecule has 0 spiro atoms. The molecule has 2 aromatic heterocycles. The molecule has 2 rings (SSSR count). The van der Waals surface area contributed by atoms with Gasteiger partial charge in [-0.3, -0.25) is 19.2 Å². The molecule has 0 aliphatic heterocycles. The van der Waals surface area contributed by atoms with Crippen LogP contribution in [0.4, 0.5) is 0 Å². The number of imidazole rings is 2. The quantitative estimate of drug-likeness (QED) is 0.126. The molecule has 5 unspecified atom stereocenters. The first-order chi connectivity index (χ1) is 18.0. The predicted octanol–water partition coefficient (Wildman–Crippen LogP) is -1.30. The number of nitrogens with zero attached hydrogens (tertiary/aromatic N) is 2. The van der Waals surface area contributed by atoms with E-state index in [0.29, 0.717) is 17.8 Å². The highest BCUT2D eigenvalue weighted by molar-refractivity contribution is 5.94. The molecular formula is C23H34N8O7. The summed E-state index contributed by atoms with van der Waals surface area (Å²) in [4.78, 5) is 75.0. The van der Waals surface area contributed by atoms with Crippen LogP contribution < -0.4 is 21.7 Å². The Morgan fingerprint density at radius 2 is 1.47 bits per heavy atom. The summed E-state index contributed by atoms with van der Waals surface area (Å²) >= 11 is 0. The van der Waals surface area contributed by atoms with Crippen molar-refractivity contribution in [3.8, 4) is 0 Å². The number of nitrogens with one attached hydrogen (secondary N) is 5. The summed E-state index contributed by atoms with van der Waals surface area (Å²) in [7, 11) is 0. The normalized spacial score (nSPS) is 14.9. The number of nitrogens with two attached hydrogens (primary N) is 1. The number of aromatic nitrogens is 4. The zero-order chi connectivity index (χ0) is 28.2. The van der Waals surface area contributed by atoms with E-state index in [9.17, 15) is 29.1 Å². The second-order valence-electron chi connectivity index (χ2n) is 8.93. The third kappa shape index (κ3) is 9.31. The maximum Gasteiger partial charge on any atom is 0.326 e. The molecule has 0 aliphatic rings. The van der Waals surface area contributed by atoms with Gasteiger partial charge in [0, 0.05) is 43.0 Å². The number of aliphatic carboxylic acids is 2. The van der Waals surface area contributed by atoms with Gasteiger partial charge in [0.2, 0.25) is 17.7 Å². The molecule has 0 saturated heterocycles. The van der Waals surface area contributed by atoms with E-state index in [0.717, 1.165) is 0 Å². The highest BCUT2D eigenvalue weighted by atomic mass is 16.4. The number of H-pyrrole nitrogens is 2. The number of hydrogen-bond donors (Lipinski definition) is 8. The van der Waals surface area contributed by atoms with Crippen molar-refractivity contribution in [3.05, 3.63) is 36.4 Å². The fourth-order valence-electron chi connectivity index (χ4n) is 3.57. The molecule has 5 atom stereocenters. The number of carbonyl (C=O) groups is 5. The molecule has 38 heavy (non-hydrogen) atoms. The molecule has 0 saturated carbocycles. The van der Waals surface area contributed by atoms with Gasteiger partial charge in [0.05, 0.1) is 18.7 Å². The Labute approximate surface area is 218 Å². The number of amides is 3. The second-order valence-corrected chi connectivity index (χ2v) is 8.93. The Kier molecular flexibility index (Phi) is 11.4. The molecule has 15 nitrogen and oxygen atoms in total. The molecular weight excluding hydrogens is 500 g/mol. The standard InChI is InChI=1S/C23H34N8O7/c1-3-12(2)19(31-20(34)15(24)6-13-8-25-10-27-13)22(36)30-17(7-14-9-26-11-28-14)21(35)29-16(23(37)38)4-5-18(32)33/h8-12,15-17,19H,3-7,24H2,1-2H3,(H,25,27)(H,26,28)(H,29,35)(H,30,36)(H,31,34)(H,32,33)(H,37,38). The van der Waals surface area contributed by atoms with Crippen LogP contribution in [0.15, 0.2) is 25.0 Å². The lowest BCUT2D eigenvalue weighted by Gasteiger charge is -2.28. The molecule has 15 heteroatoms. The first-order valence-corrected chi connectivity index (χ1v) is 12.1. The van der Waals surface area contributed by atoms with Crippen molar-refractivity contribution >= 4 is 29.7 Å². The van der Waals surface area contributed by atoms with Crippen LogP contribution in [0.25, 0.3) is 0 Å². The Morgan fingerprint density at radius 1 is 0.895 bits per heavy atom. The summed E-state index contributed by atoms with van der Waals surface area (Å²) in [6.07, 6.45) is 5.60. The smallest absolute Gasteiger partial charge is 0.326 e. The summed E-state index contributed by atoms with van der Waals surface area (Å²) < 4.78 is 0. The maximum atomic E-state index is 13.3. The SMILES string of the molecule is CCC(C)C(NC(=O)C(N)Cc1cnc[nH]1)C(=O)NC(Cc1cnc[nH]1)C(=O)NC(CCC(=O)O)C(=O)O. The molecule has 208 valence electrons. The summed E-state index contributed by atoms with van der Waals surface area (Å²) in [6.45, 7) is 3.58. The fraction of sp³-hybridized carbons (Fsp3) is 0.522. The summed E-state index contributed by atoms with van der Waals surface area (Å²) in [5.74, 6) is -5.05. The van der Waals surface area contributed by atoms with E-state index in [1.165, 1.54) is 25.0 Å². The Balaban J connectivity index is 2.17. The molecule has 0 aromatic carbocycles. The summed E-state index contributed by atoms with van der Waals surface area (Å²) in [5, 5.41) is 25.8. The van der Waals surface area contributed by atoms with Gasteiger partial charge in [0.25, 0.3) is 0 Å². The first kappa shape index (κ1) is 30.0. The minimum Gasteiger partial charge on any atom is -0.481 e. The summed E-state index contributed by atoms with van der Waals surface area (Å²) in [5.41, 5.74) is 7.13. The average Bonchev–Trinajstić information content (AvgIpc) is 3.57. The van der Waals surface area contributed by atoms with E-state index in [-0.39, 0.29) is 25.2 Å². The van der Waals surface area contributed by atoms with Crippen LogP contribution in [-0.2, 0) is 36.8 Å².